The summed E-state index contributed by atoms with van der Waals surface area (Å²) in [6.45, 7) is 6.23. The molecule has 0 aliphatic rings. The van der Waals surface area contributed by atoms with Gasteiger partial charge >= 0.3 is 0 Å². The lowest BCUT2D eigenvalue weighted by Gasteiger charge is -2.18. The lowest BCUT2D eigenvalue weighted by atomic mass is 9.95. The highest BCUT2D eigenvalue weighted by atomic mass is 15.0. The summed E-state index contributed by atoms with van der Waals surface area (Å²) in [5.41, 5.74) is 7.61. The molecule has 2 heterocycles. The molecule has 0 spiro atoms. The third-order valence-electron chi connectivity index (χ3n) is 3.36. The fourth-order valence-electron chi connectivity index (χ4n) is 2.26. The van der Waals surface area contributed by atoms with Crippen molar-refractivity contribution in [2.24, 2.45) is 0 Å². The molecule has 0 aliphatic heterocycles. The summed E-state index contributed by atoms with van der Waals surface area (Å²) in [6, 6.07) is 9.94. The van der Waals surface area contributed by atoms with Crippen LogP contribution < -0.4 is 5.73 Å². The molecule has 0 bridgehead atoms. The molecule has 0 aliphatic carbocycles. The Bertz CT molecular complexity index is 798. The number of pyridine rings is 1. The number of nitrogens with zero attached hydrogens (tertiary/aromatic N) is 3. The highest BCUT2D eigenvalue weighted by Gasteiger charge is 2.19. The largest absolute Gasteiger partial charge is 0.384 e. The Labute approximate surface area is 124 Å². The number of nitrogens with two attached hydrogens (primary N) is 1. The molecule has 3 rings (SSSR count). The Morgan fingerprint density at radius 1 is 1.00 bits per heavy atom. The minimum absolute atomic E-state index is 0.151. The maximum atomic E-state index is 5.97. The summed E-state index contributed by atoms with van der Waals surface area (Å²) < 4.78 is 0. The van der Waals surface area contributed by atoms with Gasteiger partial charge in [-0.1, -0.05) is 45.0 Å². The Balaban J connectivity index is 2.26. The SMILES string of the molecule is CC(C)(C)c1nc(N)cc(-c2cncc3ccccc23)n1. The molecule has 0 amide bonds. The second-order valence-electron chi connectivity index (χ2n) is 6.16. The minimum atomic E-state index is -0.151. The van der Waals surface area contributed by atoms with Gasteiger partial charge in [-0.15, -0.1) is 0 Å². The van der Waals surface area contributed by atoms with E-state index in [9.17, 15) is 0 Å². The van der Waals surface area contributed by atoms with Gasteiger partial charge in [0, 0.05) is 34.8 Å². The molecule has 0 unspecified atom stereocenters. The van der Waals surface area contributed by atoms with Crippen molar-refractivity contribution in [2.45, 2.75) is 26.2 Å². The molecule has 21 heavy (non-hydrogen) atoms. The zero-order valence-corrected chi connectivity index (χ0v) is 12.5. The molecule has 0 saturated carbocycles. The van der Waals surface area contributed by atoms with E-state index < -0.39 is 0 Å². The molecule has 2 aromatic heterocycles. The van der Waals surface area contributed by atoms with E-state index >= 15 is 0 Å². The van der Waals surface area contributed by atoms with Gasteiger partial charge in [-0.3, -0.25) is 4.98 Å². The molecule has 0 saturated heterocycles. The summed E-state index contributed by atoms with van der Waals surface area (Å²) in [5.74, 6) is 1.23. The van der Waals surface area contributed by atoms with Crippen molar-refractivity contribution in [3.8, 4) is 11.3 Å². The maximum absolute atomic E-state index is 5.97. The Morgan fingerprint density at radius 2 is 1.76 bits per heavy atom. The van der Waals surface area contributed by atoms with Crippen LogP contribution in [0.15, 0.2) is 42.7 Å². The predicted octanol–water partition coefficient (Wildman–Crippen LogP) is 3.57. The second kappa shape index (κ2) is 4.81. The van der Waals surface area contributed by atoms with Crippen molar-refractivity contribution in [1.82, 2.24) is 15.0 Å². The number of aromatic nitrogens is 3. The van der Waals surface area contributed by atoms with Gasteiger partial charge < -0.3 is 5.73 Å². The third-order valence-corrected chi connectivity index (χ3v) is 3.36. The molecule has 1 aromatic carbocycles. The van der Waals surface area contributed by atoms with Crippen LogP contribution in [0, 0.1) is 0 Å². The summed E-state index contributed by atoms with van der Waals surface area (Å²) in [6.07, 6.45) is 3.69. The molecule has 2 N–H and O–H groups in total. The standard InChI is InChI=1S/C17H18N4/c1-17(2,3)16-20-14(8-15(18)21-16)13-10-19-9-11-6-4-5-7-12(11)13/h4-10H,1-3H3,(H2,18,20,21). The van der Waals surface area contributed by atoms with Gasteiger partial charge in [0.05, 0.1) is 5.69 Å². The van der Waals surface area contributed by atoms with E-state index in [4.69, 9.17) is 10.7 Å². The molecule has 0 radical (unpaired) electrons. The van der Waals surface area contributed by atoms with E-state index in [1.165, 1.54) is 0 Å². The molecule has 4 heteroatoms. The van der Waals surface area contributed by atoms with E-state index in [1.54, 1.807) is 6.07 Å². The van der Waals surface area contributed by atoms with Gasteiger partial charge in [0.2, 0.25) is 0 Å². The van der Waals surface area contributed by atoms with E-state index in [-0.39, 0.29) is 5.41 Å². The summed E-state index contributed by atoms with van der Waals surface area (Å²) in [7, 11) is 0. The first-order chi connectivity index (χ1) is 9.95. The van der Waals surface area contributed by atoms with Crippen molar-refractivity contribution in [1.29, 1.82) is 0 Å². The fourth-order valence-corrected chi connectivity index (χ4v) is 2.26. The van der Waals surface area contributed by atoms with Crippen LogP contribution in [0.25, 0.3) is 22.0 Å². The number of hydrogen-bond acceptors (Lipinski definition) is 4. The number of hydrogen-bond donors (Lipinski definition) is 1. The molecular formula is C17H18N4. The van der Waals surface area contributed by atoms with Crippen LogP contribution >= 0.6 is 0 Å². The summed E-state index contributed by atoms with van der Waals surface area (Å²) in [5, 5.41) is 2.20. The molecule has 4 nitrogen and oxygen atoms in total. The van der Waals surface area contributed by atoms with Crippen molar-refractivity contribution >= 4 is 16.6 Å². The van der Waals surface area contributed by atoms with Crippen LogP contribution in [0.1, 0.15) is 26.6 Å². The van der Waals surface area contributed by atoms with E-state index in [0.717, 1.165) is 27.9 Å². The van der Waals surface area contributed by atoms with Gasteiger partial charge in [0.15, 0.2) is 0 Å². The molecule has 106 valence electrons. The molecule has 0 atom stereocenters. The number of benzene rings is 1. The van der Waals surface area contributed by atoms with E-state index in [0.29, 0.717) is 5.82 Å². The number of fused-ring (bicyclic) bond motifs is 1. The zero-order valence-electron chi connectivity index (χ0n) is 12.5. The lowest BCUT2D eigenvalue weighted by Crippen LogP contribution is -2.17. The van der Waals surface area contributed by atoms with E-state index in [2.05, 4.69) is 36.8 Å². The number of anilines is 1. The second-order valence-corrected chi connectivity index (χ2v) is 6.16. The highest BCUT2D eigenvalue weighted by Crippen LogP contribution is 2.29. The van der Waals surface area contributed by atoms with Crippen LogP contribution in [0.5, 0.6) is 0 Å². The lowest BCUT2D eigenvalue weighted by molar-refractivity contribution is 0.547. The monoisotopic (exact) mass is 278 g/mol. The smallest absolute Gasteiger partial charge is 0.136 e. The van der Waals surface area contributed by atoms with Gasteiger partial charge in [0.25, 0.3) is 0 Å². The average Bonchev–Trinajstić information content (AvgIpc) is 2.45. The van der Waals surface area contributed by atoms with Gasteiger partial charge in [-0.25, -0.2) is 9.97 Å². The number of nitrogen functional groups attached to an aromatic ring is 1. The first-order valence-corrected chi connectivity index (χ1v) is 6.93. The van der Waals surface area contributed by atoms with Crippen molar-refractivity contribution in [3.63, 3.8) is 0 Å². The van der Waals surface area contributed by atoms with Crippen molar-refractivity contribution < 1.29 is 0 Å². The fraction of sp³-hybridized carbons (Fsp3) is 0.235. The van der Waals surface area contributed by atoms with Crippen LogP contribution in [0.3, 0.4) is 0 Å². The first-order valence-electron chi connectivity index (χ1n) is 6.93. The van der Waals surface area contributed by atoms with Crippen molar-refractivity contribution in [2.75, 3.05) is 5.73 Å². The highest BCUT2D eigenvalue weighted by molar-refractivity contribution is 5.95. The quantitative estimate of drug-likeness (QED) is 0.739. The predicted molar refractivity (Wildman–Crippen MR) is 85.9 cm³/mol. The van der Waals surface area contributed by atoms with Crippen LogP contribution in [0.2, 0.25) is 0 Å². The van der Waals surface area contributed by atoms with Crippen molar-refractivity contribution in [3.05, 3.63) is 48.5 Å². The van der Waals surface area contributed by atoms with Gasteiger partial charge in [0.1, 0.15) is 11.6 Å². The van der Waals surface area contributed by atoms with Crippen LogP contribution in [-0.4, -0.2) is 15.0 Å². The van der Waals surface area contributed by atoms with Gasteiger partial charge in [-0.05, 0) is 5.39 Å². The third kappa shape index (κ3) is 2.57. The Hall–Kier alpha value is -2.49. The first kappa shape index (κ1) is 13.5. The Kier molecular flexibility index (Phi) is 3.09. The number of rotatable bonds is 1. The minimum Gasteiger partial charge on any atom is -0.384 e. The van der Waals surface area contributed by atoms with E-state index in [1.807, 2.05) is 30.6 Å². The molecule has 3 aromatic rings. The molecule has 0 fully saturated rings. The summed E-state index contributed by atoms with van der Waals surface area (Å²) >= 11 is 0. The normalized spacial score (nSPS) is 11.8. The summed E-state index contributed by atoms with van der Waals surface area (Å²) in [4.78, 5) is 13.4. The molecular weight excluding hydrogens is 260 g/mol. The van der Waals surface area contributed by atoms with Gasteiger partial charge in [-0.2, -0.15) is 0 Å². The van der Waals surface area contributed by atoms with Crippen LogP contribution in [0.4, 0.5) is 5.82 Å². The van der Waals surface area contributed by atoms with Crippen LogP contribution in [-0.2, 0) is 5.41 Å². The topological polar surface area (TPSA) is 64.7 Å². The average molecular weight is 278 g/mol. The maximum Gasteiger partial charge on any atom is 0.136 e. The Morgan fingerprint density at radius 3 is 2.52 bits per heavy atom. The zero-order chi connectivity index (χ0) is 15.0.